The van der Waals surface area contributed by atoms with Crippen LogP contribution in [0.25, 0.3) is 0 Å². The molecule has 0 bridgehead atoms. The van der Waals surface area contributed by atoms with Crippen LogP contribution in [0.3, 0.4) is 0 Å². The molecule has 0 spiro atoms. The molecule has 2 aromatic carbocycles. The molecule has 0 aliphatic rings. The van der Waals surface area contributed by atoms with Crippen LogP contribution in [0.4, 0.5) is 0 Å². The Morgan fingerprint density at radius 3 is 1.08 bits per heavy atom. The van der Waals surface area contributed by atoms with Gasteiger partial charge in [-0.15, -0.1) is 0 Å². The Kier molecular flexibility index (Phi) is 24.0. The van der Waals surface area contributed by atoms with Crippen molar-refractivity contribution in [1.82, 2.24) is 0 Å². The Morgan fingerprint density at radius 1 is 0.750 bits per heavy atom. The summed E-state index contributed by atoms with van der Waals surface area (Å²) < 4.78 is 0. The molecule has 0 N–H and O–H groups in total. The molecule has 0 aliphatic carbocycles. The second kappa shape index (κ2) is 18.0. The van der Waals surface area contributed by atoms with Gasteiger partial charge in [0.2, 0.25) is 0 Å². The fraction of sp³-hybridized carbons (Fsp3) is 0.500. The second-order valence-corrected chi connectivity index (χ2v) is 7.48. The van der Waals surface area contributed by atoms with Crippen LogP contribution in [0.2, 0.25) is 13.1 Å². The Bertz CT molecular complexity index is 443. The van der Waals surface area contributed by atoms with E-state index in [4.69, 9.17) is 0 Å². The number of rotatable bonds is 2. The van der Waals surface area contributed by atoms with Crippen molar-refractivity contribution in [1.29, 1.82) is 0 Å². The Balaban J connectivity index is -0.000000130. The maximum atomic E-state index is 2.24. The van der Waals surface area contributed by atoms with Crippen LogP contribution < -0.4 is 24.8 Å². The Labute approximate surface area is 181 Å². The number of aryl methyl sites for hydroxylation is 2. The van der Waals surface area contributed by atoms with Gasteiger partial charge in [0.25, 0.3) is 0 Å². The first-order chi connectivity index (χ1) is 9.81. The predicted octanol–water partition coefficient (Wildman–Crippen LogP) is 0.199. The van der Waals surface area contributed by atoms with Crippen molar-refractivity contribution >= 4 is 9.52 Å². The second-order valence-electron chi connectivity index (χ2n) is 6.33. The molecule has 0 nitrogen and oxygen atoms in total. The first kappa shape index (κ1) is 32.0. The zero-order chi connectivity index (χ0) is 16.4. The molecule has 0 amide bonds. The molecule has 2 aromatic rings. The fourth-order valence-corrected chi connectivity index (χ4v) is 1.89. The molecule has 0 aromatic heterocycles. The van der Waals surface area contributed by atoms with Crippen molar-refractivity contribution < 1.29 is 47.2 Å². The average Bonchev–Trinajstić information content (AvgIpc) is 3.00. The molecule has 2 radical (unpaired) electrons. The largest absolute Gasteiger partial charge is 2.00 e. The number of halogens is 2. The van der Waals surface area contributed by atoms with Crippen molar-refractivity contribution in [3.63, 3.8) is 0 Å². The first-order valence-electron chi connectivity index (χ1n) is 8.02. The van der Waals surface area contributed by atoms with Gasteiger partial charge in [-0.25, -0.2) is 12.1 Å². The molecular weight excluding hydrogens is 520 g/mol. The summed E-state index contributed by atoms with van der Waals surface area (Å²) in [5, 5.41) is 0. The molecule has 0 heterocycles. The zero-order valence-electron chi connectivity index (χ0n) is 16.4. The molecule has 0 fully saturated rings. The van der Waals surface area contributed by atoms with Crippen molar-refractivity contribution in [2.45, 2.75) is 66.5 Å². The number of hydrogen-bond donors (Lipinski definition) is 0. The van der Waals surface area contributed by atoms with Crippen LogP contribution in [0.1, 0.15) is 61.8 Å². The molecule has 0 atom stereocenters. The van der Waals surface area contributed by atoms with Gasteiger partial charge < -0.3 is 24.8 Å². The third-order valence-corrected chi connectivity index (χ3v) is 3.20. The Morgan fingerprint density at radius 2 is 1.00 bits per heavy atom. The van der Waals surface area contributed by atoms with Gasteiger partial charge in [0.1, 0.15) is 0 Å². The van der Waals surface area contributed by atoms with Gasteiger partial charge in [-0.3, -0.25) is 0 Å². The standard InChI is InChI=1S/2C9H13.C2H7Si.2ClH.Ta/c2*1-7(2)9-5-4-8(3)6-9;1-3-2;;;/h2*4-7H,1-3H3;3H,1-2H3;2*1H;/q2*-1;;;;+2/p-2. The van der Waals surface area contributed by atoms with E-state index < -0.39 is 0 Å². The fourth-order valence-electron chi connectivity index (χ4n) is 1.89. The van der Waals surface area contributed by atoms with Crippen molar-refractivity contribution in [3.8, 4) is 0 Å². The van der Waals surface area contributed by atoms with E-state index in [1.807, 2.05) is 0 Å². The van der Waals surface area contributed by atoms with Gasteiger partial charge in [-0.05, 0) is 0 Å². The van der Waals surface area contributed by atoms with E-state index in [-0.39, 0.29) is 47.2 Å². The van der Waals surface area contributed by atoms with E-state index in [0.29, 0.717) is 11.8 Å². The summed E-state index contributed by atoms with van der Waals surface area (Å²) >= 11 is 0. The summed E-state index contributed by atoms with van der Waals surface area (Å²) in [4.78, 5) is 0. The van der Waals surface area contributed by atoms with Crippen LogP contribution in [-0.4, -0.2) is 9.52 Å². The van der Waals surface area contributed by atoms with Gasteiger partial charge >= 0.3 is 22.4 Å². The maximum absolute atomic E-state index is 2.24. The summed E-state index contributed by atoms with van der Waals surface area (Å²) in [6, 6.07) is 13.2. The van der Waals surface area contributed by atoms with Crippen molar-refractivity contribution in [3.05, 3.63) is 58.7 Å². The number of hydrogen-bond acceptors (Lipinski definition) is 0. The van der Waals surface area contributed by atoms with Crippen LogP contribution in [0.15, 0.2) is 36.4 Å². The minimum atomic E-state index is 0. The molecule has 0 aliphatic heterocycles. The third-order valence-electron chi connectivity index (χ3n) is 3.20. The van der Waals surface area contributed by atoms with Crippen LogP contribution in [0.5, 0.6) is 0 Å². The zero-order valence-corrected chi connectivity index (χ0v) is 22.3. The smallest absolute Gasteiger partial charge is 1.00 e. The summed E-state index contributed by atoms with van der Waals surface area (Å²) in [5.41, 5.74) is 5.65. The molecule has 4 heteroatoms. The quantitative estimate of drug-likeness (QED) is 0.369. The van der Waals surface area contributed by atoms with Crippen LogP contribution in [0, 0.1) is 13.8 Å². The SMILES string of the molecule is C[SiH]C.Cc1cc(C(C)C)c[cH-]1.Cc1cc(C(C)C)c[cH-]1.[Cl-].[Cl-].[Ta+2]. The van der Waals surface area contributed by atoms with Crippen LogP contribution in [-0.2, 0) is 22.4 Å². The third kappa shape index (κ3) is 14.6. The average molecular weight is 553 g/mol. The van der Waals surface area contributed by atoms with E-state index in [0.717, 1.165) is 9.52 Å². The van der Waals surface area contributed by atoms with Gasteiger partial charge in [0, 0.05) is 9.52 Å². The molecule has 0 saturated heterocycles. The minimum absolute atomic E-state index is 0. The van der Waals surface area contributed by atoms with Gasteiger partial charge in [-0.2, -0.15) is 46.5 Å². The van der Waals surface area contributed by atoms with Crippen LogP contribution >= 0.6 is 0 Å². The molecule has 2 rings (SSSR count). The predicted molar refractivity (Wildman–Crippen MR) is 101 cm³/mol. The van der Waals surface area contributed by atoms with Gasteiger partial charge in [-0.1, -0.05) is 66.5 Å². The molecular formula is C20H33Cl2SiTa-2. The molecule has 0 saturated carbocycles. The molecule has 138 valence electrons. The monoisotopic (exact) mass is 552 g/mol. The molecule has 24 heavy (non-hydrogen) atoms. The summed E-state index contributed by atoms with van der Waals surface area (Å²) in [7, 11) is 0.750. The minimum Gasteiger partial charge on any atom is -1.00 e. The van der Waals surface area contributed by atoms with E-state index in [1.54, 1.807) is 0 Å². The first-order valence-corrected chi connectivity index (χ1v) is 10.3. The van der Waals surface area contributed by atoms with E-state index in [2.05, 4.69) is 91.0 Å². The van der Waals surface area contributed by atoms with Gasteiger partial charge in [0.05, 0.1) is 0 Å². The summed E-state index contributed by atoms with van der Waals surface area (Å²) in [6.45, 7) is 17.5. The summed E-state index contributed by atoms with van der Waals surface area (Å²) in [5.74, 6) is 1.36. The van der Waals surface area contributed by atoms with E-state index in [9.17, 15) is 0 Å². The normalized spacial score (nSPS) is 8.75. The van der Waals surface area contributed by atoms with E-state index in [1.165, 1.54) is 22.3 Å². The summed E-state index contributed by atoms with van der Waals surface area (Å²) in [6.07, 6.45) is 0. The van der Waals surface area contributed by atoms with E-state index >= 15 is 0 Å². The topological polar surface area (TPSA) is 0 Å². The maximum Gasteiger partial charge on any atom is 2.00 e. The molecule has 0 unspecified atom stereocenters. The van der Waals surface area contributed by atoms with Gasteiger partial charge in [0.15, 0.2) is 0 Å². The van der Waals surface area contributed by atoms with Crippen molar-refractivity contribution in [2.24, 2.45) is 0 Å². The Hall–Kier alpha value is 0.237. The van der Waals surface area contributed by atoms with Crippen molar-refractivity contribution in [2.75, 3.05) is 0 Å².